The quantitative estimate of drug-likeness (QED) is 0.369. The first-order valence-corrected chi connectivity index (χ1v) is 9.52. The van der Waals surface area contributed by atoms with E-state index in [1.807, 2.05) is 12.1 Å². The molecule has 7 rings (SSSR count). The molecule has 0 saturated heterocycles. The van der Waals surface area contributed by atoms with Gasteiger partial charge in [-0.25, -0.2) is 4.98 Å². The van der Waals surface area contributed by atoms with E-state index in [4.69, 9.17) is 9.40 Å². The second-order valence-electron chi connectivity index (χ2n) is 7.19. The van der Waals surface area contributed by atoms with Crippen LogP contribution >= 0.6 is 0 Å². The Balaban J connectivity index is 1.72. The lowest BCUT2D eigenvalue weighted by atomic mass is 10.1. The highest BCUT2D eigenvalue weighted by Crippen LogP contribution is 2.35. The van der Waals surface area contributed by atoms with Crippen LogP contribution in [0.1, 0.15) is 0 Å². The second-order valence-corrected chi connectivity index (χ2v) is 7.19. The highest BCUT2D eigenvalue weighted by atomic mass is 16.3. The van der Waals surface area contributed by atoms with E-state index >= 15 is 0 Å². The Hall–Kier alpha value is -4.12. The predicted molar refractivity (Wildman–Crippen MR) is 115 cm³/mol. The summed E-state index contributed by atoms with van der Waals surface area (Å²) in [5.74, 6) is 0.874. The molecular formula is C24H14N4O. The summed E-state index contributed by atoms with van der Waals surface area (Å²) < 4.78 is 10.7. The number of hydrogen-bond donors (Lipinski definition) is 0. The third kappa shape index (κ3) is 1.84. The zero-order valence-electron chi connectivity index (χ0n) is 15.3. The van der Waals surface area contributed by atoms with Crippen LogP contribution in [0, 0.1) is 0 Å². The Bertz CT molecular complexity index is 1720. The fourth-order valence-electron chi connectivity index (χ4n) is 4.40. The van der Waals surface area contributed by atoms with Crippen LogP contribution in [-0.2, 0) is 0 Å². The molecule has 29 heavy (non-hydrogen) atoms. The lowest BCUT2D eigenvalue weighted by Crippen LogP contribution is -1.95. The molecule has 0 unspecified atom stereocenters. The van der Waals surface area contributed by atoms with Gasteiger partial charge in [0.2, 0.25) is 5.78 Å². The van der Waals surface area contributed by atoms with Crippen LogP contribution in [0.15, 0.2) is 89.6 Å². The van der Waals surface area contributed by atoms with Crippen LogP contribution in [0.3, 0.4) is 0 Å². The van der Waals surface area contributed by atoms with E-state index in [2.05, 4.69) is 74.6 Å². The molecule has 0 saturated carbocycles. The van der Waals surface area contributed by atoms with Gasteiger partial charge in [0, 0.05) is 17.0 Å². The van der Waals surface area contributed by atoms with Crippen molar-refractivity contribution in [1.82, 2.24) is 18.9 Å². The third-order valence-electron chi connectivity index (χ3n) is 5.63. The van der Waals surface area contributed by atoms with Gasteiger partial charge < -0.3 is 4.42 Å². The van der Waals surface area contributed by atoms with Crippen molar-refractivity contribution in [3.63, 3.8) is 0 Å². The molecule has 0 atom stereocenters. The number of para-hydroxylation sites is 5. The van der Waals surface area contributed by atoms with Crippen molar-refractivity contribution in [2.24, 2.45) is 0 Å². The lowest BCUT2D eigenvalue weighted by Gasteiger charge is -2.05. The van der Waals surface area contributed by atoms with Crippen molar-refractivity contribution in [3.8, 4) is 5.69 Å². The molecule has 0 aliphatic carbocycles. The zero-order chi connectivity index (χ0) is 18.9. The summed E-state index contributed by atoms with van der Waals surface area (Å²) in [6, 6.07) is 24.9. The van der Waals surface area contributed by atoms with Crippen molar-refractivity contribution in [2.45, 2.75) is 0 Å². The van der Waals surface area contributed by atoms with Gasteiger partial charge in [-0.05, 0) is 36.4 Å². The van der Waals surface area contributed by atoms with E-state index < -0.39 is 0 Å². The molecule has 0 bridgehead atoms. The summed E-state index contributed by atoms with van der Waals surface area (Å²) in [6.07, 6.45) is 3.57. The molecule has 7 aromatic rings. The fourth-order valence-corrected chi connectivity index (χ4v) is 4.40. The molecule has 136 valence electrons. The maximum Gasteiger partial charge on any atom is 0.220 e. The minimum absolute atomic E-state index is 0.788. The van der Waals surface area contributed by atoms with Crippen molar-refractivity contribution in [3.05, 3.63) is 85.2 Å². The summed E-state index contributed by atoms with van der Waals surface area (Å²) in [5, 5.41) is 2.14. The Kier molecular flexibility index (Phi) is 2.68. The van der Waals surface area contributed by atoms with E-state index in [-0.39, 0.29) is 0 Å². The van der Waals surface area contributed by atoms with Crippen LogP contribution in [0.4, 0.5) is 0 Å². The number of furan rings is 1. The Labute approximate surface area is 164 Å². The van der Waals surface area contributed by atoms with Crippen LogP contribution in [0.5, 0.6) is 0 Å². The topological polar surface area (TPSA) is 48.3 Å². The molecule has 5 heteroatoms. The largest absolute Gasteiger partial charge is 0.452 e. The maximum absolute atomic E-state index is 6.26. The highest BCUT2D eigenvalue weighted by Gasteiger charge is 2.20. The Morgan fingerprint density at radius 2 is 1.55 bits per heavy atom. The summed E-state index contributed by atoms with van der Waals surface area (Å²) in [7, 11) is 0. The number of benzene rings is 3. The molecule has 0 aliphatic rings. The first-order chi connectivity index (χ1) is 14.4. The minimum Gasteiger partial charge on any atom is -0.452 e. The molecule has 0 N–H and O–H groups in total. The SMILES string of the molecule is c1ccc2c(c1)nc1n(-c3cccc4c3oc3cnccc34)c3ccccc3n21. The molecule has 0 amide bonds. The summed E-state index contributed by atoms with van der Waals surface area (Å²) in [6.45, 7) is 0. The molecule has 0 aliphatic heterocycles. The average Bonchev–Trinajstić information content (AvgIpc) is 3.42. The molecule has 4 aromatic heterocycles. The van der Waals surface area contributed by atoms with Gasteiger partial charge in [0.25, 0.3) is 0 Å². The van der Waals surface area contributed by atoms with Crippen molar-refractivity contribution in [2.75, 3.05) is 0 Å². The zero-order valence-corrected chi connectivity index (χ0v) is 15.3. The van der Waals surface area contributed by atoms with Gasteiger partial charge in [0.05, 0.1) is 34.0 Å². The molecule has 0 fully saturated rings. The van der Waals surface area contributed by atoms with Gasteiger partial charge in [0.1, 0.15) is 0 Å². The van der Waals surface area contributed by atoms with Gasteiger partial charge in [-0.15, -0.1) is 0 Å². The van der Waals surface area contributed by atoms with Gasteiger partial charge in [-0.1, -0.05) is 36.4 Å². The van der Waals surface area contributed by atoms with E-state index in [1.165, 1.54) is 0 Å². The molecule has 4 heterocycles. The number of fused-ring (bicyclic) bond motifs is 8. The predicted octanol–water partition coefficient (Wildman–Crippen LogP) is 5.73. The van der Waals surface area contributed by atoms with Gasteiger partial charge in [-0.2, -0.15) is 0 Å². The van der Waals surface area contributed by atoms with E-state index in [1.54, 1.807) is 12.4 Å². The number of hydrogen-bond acceptors (Lipinski definition) is 3. The van der Waals surface area contributed by atoms with Gasteiger partial charge in [-0.3, -0.25) is 14.0 Å². The summed E-state index contributed by atoms with van der Waals surface area (Å²) in [5.41, 5.74) is 6.88. The third-order valence-corrected chi connectivity index (χ3v) is 5.63. The van der Waals surface area contributed by atoms with Gasteiger partial charge in [0.15, 0.2) is 11.2 Å². The highest BCUT2D eigenvalue weighted by molar-refractivity contribution is 6.08. The standard InChI is InChI=1S/C24H14N4O/c1-2-8-18-17(7-1)26-24-27(18)19-9-3-4-10-20(19)28(24)21-11-5-6-16-15-12-13-25-14-22(15)29-23(16)21/h1-14H. The van der Waals surface area contributed by atoms with Crippen LogP contribution in [0.25, 0.3) is 55.5 Å². The first kappa shape index (κ1) is 14.9. The number of nitrogens with zero attached hydrogens (tertiary/aromatic N) is 4. The lowest BCUT2D eigenvalue weighted by molar-refractivity contribution is 0.664. The monoisotopic (exact) mass is 374 g/mol. The first-order valence-electron chi connectivity index (χ1n) is 9.52. The van der Waals surface area contributed by atoms with Crippen LogP contribution < -0.4 is 0 Å². The number of imidazole rings is 2. The smallest absolute Gasteiger partial charge is 0.220 e. The van der Waals surface area contributed by atoms with Crippen LogP contribution in [-0.4, -0.2) is 18.9 Å². The van der Waals surface area contributed by atoms with Crippen molar-refractivity contribution < 1.29 is 4.42 Å². The minimum atomic E-state index is 0.788. The van der Waals surface area contributed by atoms with Crippen molar-refractivity contribution >= 4 is 49.8 Å². The second kappa shape index (κ2) is 5.23. The molecule has 5 nitrogen and oxygen atoms in total. The normalized spacial score (nSPS) is 12.1. The van der Waals surface area contributed by atoms with Gasteiger partial charge >= 0.3 is 0 Å². The number of rotatable bonds is 1. The molecule has 0 spiro atoms. The maximum atomic E-state index is 6.26. The van der Waals surface area contributed by atoms with Crippen LogP contribution in [0.2, 0.25) is 0 Å². The number of pyridine rings is 1. The summed E-state index contributed by atoms with van der Waals surface area (Å²) in [4.78, 5) is 9.17. The average molecular weight is 374 g/mol. The molecule has 3 aromatic carbocycles. The molecule has 0 radical (unpaired) electrons. The van der Waals surface area contributed by atoms with Crippen molar-refractivity contribution in [1.29, 1.82) is 0 Å². The summed E-state index contributed by atoms with van der Waals surface area (Å²) >= 11 is 0. The Morgan fingerprint density at radius 3 is 2.48 bits per heavy atom. The molecular weight excluding hydrogens is 360 g/mol. The number of aromatic nitrogens is 4. The Morgan fingerprint density at radius 1 is 0.724 bits per heavy atom. The fraction of sp³-hybridized carbons (Fsp3) is 0. The van der Waals surface area contributed by atoms with E-state index in [9.17, 15) is 0 Å². The van der Waals surface area contributed by atoms with E-state index in [0.717, 1.165) is 55.5 Å². The van der Waals surface area contributed by atoms with E-state index in [0.29, 0.717) is 0 Å².